The van der Waals surface area contributed by atoms with Gasteiger partial charge in [0, 0.05) is 5.39 Å². The molecule has 29 heavy (non-hydrogen) atoms. The SMILES string of the molecule is Cc1cc(C)c2nc(NC(=O)CN3c4cccc5cccc(c45)S3(=O)=O)sc2c1. The molecule has 1 amide bonds. The summed E-state index contributed by atoms with van der Waals surface area (Å²) in [7, 11) is -3.77. The minimum Gasteiger partial charge on any atom is -0.300 e. The molecule has 0 atom stereocenters. The number of aryl methyl sites for hydroxylation is 2. The number of carbonyl (C=O) groups is 1. The van der Waals surface area contributed by atoms with Crippen molar-refractivity contribution >= 4 is 59.1 Å². The van der Waals surface area contributed by atoms with Crippen LogP contribution in [0.25, 0.3) is 21.0 Å². The third-order valence-electron chi connectivity index (χ3n) is 5.04. The highest BCUT2D eigenvalue weighted by molar-refractivity contribution is 7.93. The van der Waals surface area contributed by atoms with E-state index < -0.39 is 15.9 Å². The molecule has 5 rings (SSSR count). The van der Waals surface area contributed by atoms with Gasteiger partial charge in [0.05, 0.1) is 20.8 Å². The molecule has 0 radical (unpaired) electrons. The molecule has 0 fully saturated rings. The first-order valence-corrected chi connectivity index (χ1v) is 11.3. The highest BCUT2D eigenvalue weighted by Gasteiger charge is 2.36. The van der Waals surface area contributed by atoms with Crippen molar-refractivity contribution in [3.05, 3.63) is 59.7 Å². The molecule has 3 aromatic carbocycles. The molecule has 0 spiro atoms. The highest BCUT2D eigenvalue weighted by Crippen LogP contribution is 2.41. The van der Waals surface area contributed by atoms with Crippen LogP contribution in [0.1, 0.15) is 11.1 Å². The average molecular weight is 424 g/mol. The van der Waals surface area contributed by atoms with Gasteiger partial charge in [-0.2, -0.15) is 0 Å². The fraction of sp³-hybridized carbons (Fsp3) is 0.143. The van der Waals surface area contributed by atoms with Gasteiger partial charge < -0.3 is 5.32 Å². The van der Waals surface area contributed by atoms with Gasteiger partial charge in [-0.1, -0.05) is 41.7 Å². The maximum absolute atomic E-state index is 13.0. The Morgan fingerprint density at radius 3 is 2.69 bits per heavy atom. The number of sulfonamides is 1. The van der Waals surface area contributed by atoms with Gasteiger partial charge >= 0.3 is 0 Å². The van der Waals surface area contributed by atoms with Crippen LogP contribution < -0.4 is 9.62 Å². The first-order valence-electron chi connectivity index (χ1n) is 9.07. The van der Waals surface area contributed by atoms with Crippen molar-refractivity contribution in [1.82, 2.24) is 4.98 Å². The summed E-state index contributed by atoms with van der Waals surface area (Å²) in [6, 6.07) is 14.6. The van der Waals surface area contributed by atoms with Crippen molar-refractivity contribution in [3.8, 4) is 0 Å². The predicted molar refractivity (Wildman–Crippen MR) is 116 cm³/mol. The van der Waals surface area contributed by atoms with Crippen molar-refractivity contribution < 1.29 is 13.2 Å². The van der Waals surface area contributed by atoms with Crippen LogP contribution in [0.5, 0.6) is 0 Å². The lowest BCUT2D eigenvalue weighted by Gasteiger charge is -2.17. The van der Waals surface area contributed by atoms with Crippen LogP contribution in [0.15, 0.2) is 53.4 Å². The van der Waals surface area contributed by atoms with E-state index in [1.807, 2.05) is 38.1 Å². The second-order valence-electron chi connectivity index (χ2n) is 7.14. The van der Waals surface area contributed by atoms with Crippen LogP contribution >= 0.6 is 11.3 Å². The highest BCUT2D eigenvalue weighted by atomic mass is 32.2. The third kappa shape index (κ3) is 2.79. The number of nitrogens with one attached hydrogen (secondary N) is 1. The summed E-state index contributed by atoms with van der Waals surface area (Å²) < 4.78 is 28.2. The molecule has 6 nitrogen and oxygen atoms in total. The molecule has 1 aliphatic heterocycles. The number of hydrogen-bond donors (Lipinski definition) is 1. The Morgan fingerprint density at radius 1 is 1.14 bits per heavy atom. The minimum absolute atomic E-state index is 0.240. The number of amides is 1. The summed E-state index contributed by atoms with van der Waals surface area (Å²) in [4.78, 5) is 17.4. The molecular formula is C21H17N3O3S2. The van der Waals surface area contributed by atoms with Crippen molar-refractivity contribution in [2.24, 2.45) is 0 Å². The first-order chi connectivity index (χ1) is 13.8. The molecule has 146 valence electrons. The monoisotopic (exact) mass is 423 g/mol. The van der Waals surface area contributed by atoms with E-state index >= 15 is 0 Å². The number of benzene rings is 3. The van der Waals surface area contributed by atoms with E-state index in [4.69, 9.17) is 0 Å². The van der Waals surface area contributed by atoms with Gasteiger partial charge in [0.1, 0.15) is 6.54 Å². The van der Waals surface area contributed by atoms with Crippen LogP contribution in [-0.2, 0) is 14.8 Å². The van der Waals surface area contributed by atoms with Gasteiger partial charge in [-0.25, -0.2) is 13.4 Å². The Hall–Kier alpha value is -2.97. The summed E-state index contributed by atoms with van der Waals surface area (Å²) in [5, 5.41) is 4.73. The lowest BCUT2D eigenvalue weighted by atomic mass is 10.1. The van der Waals surface area contributed by atoms with Gasteiger partial charge in [0.2, 0.25) is 5.91 Å². The van der Waals surface area contributed by atoms with Crippen molar-refractivity contribution in [3.63, 3.8) is 0 Å². The van der Waals surface area contributed by atoms with Crippen molar-refractivity contribution in [1.29, 1.82) is 0 Å². The average Bonchev–Trinajstić information content (AvgIpc) is 3.15. The van der Waals surface area contributed by atoms with Crippen LogP contribution in [0, 0.1) is 13.8 Å². The second kappa shape index (κ2) is 6.27. The van der Waals surface area contributed by atoms with E-state index in [1.54, 1.807) is 24.3 Å². The fourth-order valence-electron chi connectivity index (χ4n) is 3.84. The number of carbonyl (C=O) groups excluding carboxylic acids is 1. The molecule has 0 saturated heterocycles. The van der Waals surface area contributed by atoms with Crippen LogP contribution in [-0.4, -0.2) is 25.9 Å². The summed E-state index contributed by atoms with van der Waals surface area (Å²) in [5.74, 6) is -0.424. The number of thiazole rings is 1. The number of nitrogens with zero attached hydrogens (tertiary/aromatic N) is 2. The smallest absolute Gasteiger partial charge is 0.265 e. The quantitative estimate of drug-likeness (QED) is 0.535. The largest absolute Gasteiger partial charge is 0.300 e. The molecule has 1 aromatic heterocycles. The standard InChI is InChI=1S/C21H17N3O3S2/c1-12-9-13(2)20-16(10-12)28-21(23-20)22-18(25)11-24-15-7-3-5-14-6-4-8-17(19(14)15)29(24,26)27/h3-10H,11H2,1-2H3,(H,22,23,25). The van der Waals surface area contributed by atoms with Gasteiger partial charge in [-0.15, -0.1) is 0 Å². The molecule has 1 aliphatic rings. The van der Waals surface area contributed by atoms with Crippen LogP contribution in [0.3, 0.4) is 0 Å². The lowest BCUT2D eigenvalue weighted by molar-refractivity contribution is -0.114. The third-order valence-corrected chi connectivity index (χ3v) is 7.76. The summed E-state index contributed by atoms with van der Waals surface area (Å²) in [5.41, 5.74) is 3.55. The van der Waals surface area contributed by atoms with Gasteiger partial charge in [-0.3, -0.25) is 9.10 Å². The topological polar surface area (TPSA) is 79.4 Å². The molecule has 0 unspecified atom stereocenters. The number of aromatic nitrogens is 1. The maximum atomic E-state index is 13.0. The molecule has 8 heteroatoms. The van der Waals surface area contributed by atoms with Crippen LogP contribution in [0.4, 0.5) is 10.8 Å². The minimum atomic E-state index is -3.77. The number of anilines is 2. The number of rotatable bonds is 3. The van der Waals surface area contributed by atoms with Crippen molar-refractivity contribution in [2.75, 3.05) is 16.2 Å². The second-order valence-corrected chi connectivity index (χ2v) is 10.0. The normalized spacial score (nSPS) is 14.6. The lowest BCUT2D eigenvalue weighted by Crippen LogP contribution is -2.35. The maximum Gasteiger partial charge on any atom is 0.265 e. The van der Waals surface area contributed by atoms with E-state index in [2.05, 4.69) is 10.3 Å². The Morgan fingerprint density at radius 2 is 1.90 bits per heavy atom. The van der Waals surface area contributed by atoms with Gasteiger partial charge in [0.15, 0.2) is 5.13 Å². The molecule has 4 aromatic rings. The Bertz CT molecular complexity index is 1420. The summed E-state index contributed by atoms with van der Waals surface area (Å²) >= 11 is 1.38. The van der Waals surface area contributed by atoms with E-state index in [-0.39, 0.29) is 11.4 Å². The number of hydrogen-bond acceptors (Lipinski definition) is 5. The Balaban J connectivity index is 1.46. The van der Waals surface area contributed by atoms with Gasteiger partial charge in [-0.05, 0) is 48.6 Å². The fourth-order valence-corrected chi connectivity index (χ4v) is 6.57. The summed E-state index contributed by atoms with van der Waals surface area (Å²) in [6.45, 7) is 3.69. The molecule has 0 aliphatic carbocycles. The van der Waals surface area contributed by atoms with Crippen LogP contribution in [0.2, 0.25) is 0 Å². The zero-order valence-electron chi connectivity index (χ0n) is 15.8. The van der Waals surface area contributed by atoms with E-state index in [9.17, 15) is 13.2 Å². The Kier molecular flexibility index (Phi) is 3.91. The van der Waals surface area contributed by atoms with Crippen molar-refractivity contribution in [2.45, 2.75) is 18.7 Å². The molecule has 2 heterocycles. The van der Waals surface area contributed by atoms with E-state index in [1.165, 1.54) is 15.6 Å². The zero-order chi connectivity index (χ0) is 20.3. The predicted octanol–water partition coefficient (Wildman–Crippen LogP) is 4.21. The van der Waals surface area contributed by atoms with E-state index in [0.717, 1.165) is 26.7 Å². The summed E-state index contributed by atoms with van der Waals surface area (Å²) in [6.07, 6.45) is 0. The molecule has 1 N–H and O–H groups in total. The molecular weight excluding hydrogens is 406 g/mol. The zero-order valence-corrected chi connectivity index (χ0v) is 17.4. The first kappa shape index (κ1) is 18.1. The molecule has 0 saturated carbocycles. The number of fused-ring (bicyclic) bond motifs is 1. The molecule has 0 bridgehead atoms. The van der Waals surface area contributed by atoms with Gasteiger partial charge in [0.25, 0.3) is 10.0 Å². The Labute approximate surface area is 171 Å². The van der Waals surface area contributed by atoms with E-state index in [0.29, 0.717) is 16.2 Å².